The zero-order valence-electron chi connectivity index (χ0n) is 10.5. The number of hydrogen-bond acceptors (Lipinski definition) is 1. The molecule has 0 aliphatic rings. The van der Waals surface area contributed by atoms with Crippen molar-refractivity contribution in [1.29, 1.82) is 0 Å². The van der Waals surface area contributed by atoms with Gasteiger partial charge in [-0.15, -0.1) is 0 Å². The largest absolute Gasteiger partial charge is 0.313 e. The molecule has 1 aromatic rings. The van der Waals surface area contributed by atoms with Crippen molar-refractivity contribution in [3.63, 3.8) is 0 Å². The molecule has 0 unspecified atom stereocenters. The summed E-state index contributed by atoms with van der Waals surface area (Å²) in [5.41, 5.74) is 2.41. The molecule has 0 aromatic heterocycles. The van der Waals surface area contributed by atoms with E-state index in [2.05, 4.69) is 31.3 Å². The summed E-state index contributed by atoms with van der Waals surface area (Å²) in [5, 5.41) is 4.31. The van der Waals surface area contributed by atoms with Gasteiger partial charge in [0.05, 0.1) is 0 Å². The van der Waals surface area contributed by atoms with Crippen LogP contribution in [0, 0.1) is 12.8 Å². The van der Waals surface area contributed by atoms with E-state index in [0.717, 1.165) is 29.6 Å². The Kier molecular flexibility index (Phi) is 5.86. The molecule has 0 aliphatic heterocycles. The van der Waals surface area contributed by atoms with E-state index in [9.17, 15) is 0 Å². The van der Waals surface area contributed by atoms with Crippen molar-refractivity contribution in [2.24, 2.45) is 5.92 Å². The summed E-state index contributed by atoms with van der Waals surface area (Å²) in [6, 6.07) is 6.26. The van der Waals surface area contributed by atoms with Crippen molar-refractivity contribution >= 4 is 11.6 Å². The highest BCUT2D eigenvalue weighted by Crippen LogP contribution is 2.16. The average molecular weight is 240 g/mol. The summed E-state index contributed by atoms with van der Waals surface area (Å²) in [5.74, 6) is 0.801. The van der Waals surface area contributed by atoms with Gasteiger partial charge in [0.2, 0.25) is 0 Å². The third-order valence-electron chi connectivity index (χ3n) is 2.70. The molecule has 0 spiro atoms. The Balaban J connectivity index is 2.24. The number of nitrogens with one attached hydrogen (secondary N) is 1. The summed E-state index contributed by atoms with van der Waals surface area (Å²) in [6.07, 6.45) is 2.54. The van der Waals surface area contributed by atoms with Gasteiger partial charge in [-0.25, -0.2) is 0 Å². The number of rotatable bonds is 6. The van der Waals surface area contributed by atoms with Crippen LogP contribution in [-0.4, -0.2) is 6.54 Å². The van der Waals surface area contributed by atoms with Crippen molar-refractivity contribution < 1.29 is 0 Å². The lowest BCUT2D eigenvalue weighted by Crippen LogP contribution is -2.15. The van der Waals surface area contributed by atoms with E-state index in [1.165, 1.54) is 18.4 Å². The maximum Gasteiger partial charge on any atom is 0.0438 e. The Morgan fingerprint density at radius 2 is 2.06 bits per heavy atom. The fourth-order valence-corrected chi connectivity index (χ4v) is 1.82. The van der Waals surface area contributed by atoms with Gasteiger partial charge >= 0.3 is 0 Å². The number of benzene rings is 1. The smallest absolute Gasteiger partial charge is 0.0438 e. The molecule has 16 heavy (non-hydrogen) atoms. The van der Waals surface area contributed by atoms with Gasteiger partial charge < -0.3 is 5.32 Å². The fraction of sp³-hybridized carbons (Fsp3) is 0.571. The van der Waals surface area contributed by atoms with Crippen molar-refractivity contribution in [2.45, 2.75) is 40.2 Å². The molecule has 0 fully saturated rings. The molecule has 0 heterocycles. The third-order valence-corrected chi connectivity index (χ3v) is 3.11. The van der Waals surface area contributed by atoms with Crippen molar-refractivity contribution in [2.75, 3.05) is 6.54 Å². The first kappa shape index (κ1) is 13.5. The normalized spacial score (nSPS) is 11.1. The molecule has 0 atom stereocenters. The van der Waals surface area contributed by atoms with Gasteiger partial charge in [-0.3, -0.25) is 0 Å². The van der Waals surface area contributed by atoms with Crippen LogP contribution in [0.5, 0.6) is 0 Å². The van der Waals surface area contributed by atoms with Gasteiger partial charge in [0.25, 0.3) is 0 Å². The van der Waals surface area contributed by atoms with Gasteiger partial charge in [0.1, 0.15) is 0 Å². The molecule has 0 aliphatic carbocycles. The molecule has 1 N–H and O–H groups in total. The first-order valence-corrected chi connectivity index (χ1v) is 6.43. The second-order valence-corrected chi connectivity index (χ2v) is 5.20. The lowest BCUT2D eigenvalue weighted by atomic mass is 10.1. The second-order valence-electron chi connectivity index (χ2n) is 4.80. The van der Waals surface area contributed by atoms with Gasteiger partial charge in [0, 0.05) is 11.6 Å². The van der Waals surface area contributed by atoms with Crippen LogP contribution in [0.1, 0.15) is 37.8 Å². The van der Waals surface area contributed by atoms with Crippen LogP contribution in [-0.2, 0) is 6.54 Å². The maximum atomic E-state index is 6.07. The average Bonchev–Trinajstić information content (AvgIpc) is 2.22. The van der Waals surface area contributed by atoms with Crippen molar-refractivity contribution in [3.8, 4) is 0 Å². The first-order chi connectivity index (χ1) is 7.59. The van der Waals surface area contributed by atoms with E-state index < -0.39 is 0 Å². The minimum absolute atomic E-state index is 0.801. The molecule has 2 heteroatoms. The molecule has 0 saturated carbocycles. The molecule has 0 radical (unpaired) electrons. The van der Waals surface area contributed by atoms with E-state index in [0.29, 0.717) is 0 Å². The highest BCUT2D eigenvalue weighted by Gasteiger charge is 1.98. The molecule has 90 valence electrons. The Hall–Kier alpha value is -0.530. The monoisotopic (exact) mass is 239 g/mol. The highest BCUT2D eigenvalue weighted by atomic mass is 35.5. The Morgan fingerprint density at radius 3 is 2.69 bits per heavy atom. The van der Waals surface area contributed by atoms with Crippen LogP contribution in [0.3, 0.4) is 0 Å². The fourth-order valence-electron chi connectivity index (χ4n) is 1.61. The van der Waals surface area contributed by atoms with Gasteiger partial charge in [-0.2, -0.15) is 0 Å². The summed E-state index contributed by atoms with van der Waals surface area (Å²) >= 11 is 6.07. The van der Waals surface area contributed by atoms with Crippen LogP contribution in [0.2, 0.25) is 5.02 Å². The molecule has 0 amide bonds. The standard InChI is InChI=1S/C14H22ClN/c1-11(2)5-4-8-16-10-13-7-6-12(3)14(15)9-13/h6-7,9,11,16H,4-5,8,10H2,1-3H3. The minimum Gasteiger partial charge on any atom is -0.313 e. The van der Waals surface area contributed by atoms with Crippen molar-refractivity contribution in [1.82, 2.24) is 5.32 Å². The predicted octanol–water partition coefficient (Wildman–Crippen LogP) is 4.17. The van der Waals surface area contributed by atoms with Gasteiger partial charge in [0.15, 0.2) is 0 Å². The molecule has 1 aromatic carbocycles. The quantitative estimate of drug-likeness (QED) is 0.735. The molecule has 1 nitrogen and oxygen atoms in total. The van der Waals surface area contributed by atoms with E-state index in [-0.39, 0.29) is 0 Å². The number of halogens is 1. The van der Waals surface area contributed by atoms with E-state index >= 15 is 0 Å². The van der Waals surface area contributed by atoms with E-state index in [1.54, 1.807) is 0 Å². The first-order valence-electron chi connectivity index (χ1n) is 6.05. The van der Waals surface area contributed by atoms with Crippen LogP contribution < -0.4 is 5.32 Å². The summed E-state index contributed by atoms with van der Waals surface area (Å²) < 4.78 is 0. The Morgan fingerprint density at radius 1 is 1.31 bits per heavy atom. The second kappa shape index (κ2) is 6.93. The SMILES string of the molecule is Cc1ccc(CNCCCC(C)C)cc1Cl. The van der Waals surface area contributed by atoms with Gasteiger partial charge in [-0.1, -0.05) is 37.6 Å². The number of hydrogen-bond donors (Lipinski definition) is 1. The summed E-state index contributed by atoms with van der Waals surface area (Å²) in [4.78, 5) is 0. The van der Waals surface area contributed by atoms with Crippen LogP contribution >= 0.6 is 11.6 Å². The van der Waals surface area contributed by atoms with Crippen molar-refractivity contribution in [3.05, 3.63) is 34.3 Å². The molecule has 0 saturated heterocycles. The molecular formula is C14H22ClN. The zero-order chi connectivity index (χ0) is 12.0. The van der Waals surface area contributed by atoms with E-state index in [1.807, 2.05) is 13.0 Å². The van der Waals surface area contributed by atoms with Gasteiger partial charge in [-0.05, 0) is 49.4 Å². The Bertz CT molecular complexity index is 321. The van der Waals surface area contributed by atoms with E-state index in [4.69, 9.17) is 11.6 Å². The topological polar surface area (TPSA) is 12.0 Å². The van der Waals surface area contributed by atoms with Crippen LogP contribution in [0.4, 0.5) is 0 Å². The van der Waals surface area contributed by atoms with Crippen LogP contribution in [0.15, 0.2) is 18.2 Å². The molecular weight excluding hydrogens is 218 g/mol. The number of aryl methyl sites for hydroxylation is 1. The third kappa shape index (κ3) is 5.00. The highest BCUT2D eigenvalue weighted by molar-refractivity contribution is 6.31. The lowest BCUT2D eigenvalue weighted by molar-refractivity contribution is 0.527. The lowest BCUT2D eigenvalue weighted by Gasteiger charge is -2.07. The zero-order valence-corrected chi connectivity index (χ0v) is 11.3. The molecule has 1 rings (SSSR count). The van der Waals surface area contributed by atoms with Crippen LogP contribution in [0.25, 0.3) is 0 Å². The minimum atomic E-state index is 0.801. The predicted molar refractivity (Wildman–Crippen MR) is 72.0 cm³/mol. The maximum absolute atomic E-state index is 6.07. The molecule has 0 bridgehead atoms. The summed E-state index contributed by atoms with van der Waals surface area (Å²) in [7, 11) is 0. The Labute approximate surface area is 104 Å². The summed E-state index contributed by atoms with van der Waals surface area (Å²) in [6.45, 7) is 8.56.